The largest absolute Gasteiger partial charge is 0.382 e. The standard InChI is InChI=1S/C13H18Cl2FNO2/c1-3-18-12(19-4-2)5-6-17-13-10(14)7-9(16)8-11(13)15/h7-8,12,17H,3-6H2,1-2H3. The Balaban J connectivity index is 2.52. The Kier molecular flexibility index (Phi) is 7.46. The van der Waals surface area contributed by atoms with Crippen molar-refractivity contribution in [3.63, 3.8) is 0 Å². The summed E-state index contributed by atoms with van der Waals surface area (Å²) in [6.07, 6.45) is 0.381. The lowest BCUT2D eigenvalue weighted by molar-refractivity contribution is -0.137. The van der Waals surface area contributed by atoms with Gasteiger partial charge in [0.1, 0.15) is 5.82 Å². The maximum atomic E-state index is 13.0. The van der Waals surface area contributed by atoms with Crippen LogP contribution in [0.1, 0.15) is 20.3 Å². The maximum absolute atomic E-state index is 13.0. The molecule has 0 bridgehead atoms. The molecule has 19 heavy (non-hydrogen) atoms. The van der Waals surface area contributed by atoms with Crippen LogP contribution >= 0.6 is 23.2 Å². The van der Waals surface area contributed by atoms with Gasteiger partial charge in [-0.2, -0.15) is 0 Å². The highest BCUT2D eigenvalue weighted by Crippen LogP contribution is 2.31. The second-order valence-electron chi connectivity index (χ2n) is 3.80. The summed E-state index contributed by atoms with van der Waals surface area (Å²) in [4.78, 5) is 0. The van der Waals surface area contributed by atoms with Gasteiger partial charge in [-0.05, 0) is 26.0 Å². The minimum atomic E-state index is -0.456. The fraction of sp³-hybridized carbons (Fsp3) is 0.538. The Hall–Kier alpha value is -0.550. The van der Waals surface area contributed by atoms with E-state index in [-0.39, 0.29) is 16.3 Å². The van der Waals surface area contributed by atoms with E-state index in [9.17, 15) is 4.39 Å². The van der Waals surface area contributed by atoms with E-state index in [4.69, 9.17) is 32.7 Å². The molecule has 0 aliphatic heterocycles. The van der Waals surface area contributed by atoms with Crippen LogP contribution in [0.4, 0.5) is 10.1 Å². The first-order chi connectivity index (χ1) is 9.08. The molecule has 0 unspecified atom stereocenters. The average molecular weight is 310 g/mol. The van der Waals surface area contributed by atoms with E-state index in [0.717, 1.165) is 0 Å². The Morgan fingerprint density at radius 3 is 2.16 bits per heavy atom. The van der Waals surface area contributed by atoms with Gasteiger partial charge >= 0.3 is 0 Å². The van der Waals surface area contributed by atoms with Crippen LogP contribution < -0.4 is 5.32 Å². The smallest absolute Gasteiger partial charge is 0.159 e. The van der Waals surface area contributed by atoms with Crippen LogP contribution in [0.15, 0.2) is 12.1 Å². The molecule has 0 aliphatic rings. The molecule has 0 saturated carbocycles. The summed E-state index contributed by atoms with van der Waals surface area (Å²) in [6, 6.07) is 2.44. The fourth-order valence-corrected chi connectivity index (χ4v) is 2.21. The van der Waals surface area contributed by atoms with Gasteiger partial charge in [-0.25, -0.2) is 4.39 Å². The normalized spacial score (nSPS) is 11.1. The van der Waals surface area contributed by atoms with E-state index in [1.807, 2.05) is 13.8 Å². The van der Waals surface area contributed by atoms with Crippen LogP contribution in [0.25, 0.3) is 0 Å². The van der Waals surface area contributed by atoms with Crippen molar-refractivity contribution in [1.82, 2.24) is 0 Å². The van der Waals surface area contributed by atoms with Crippen LogP contribution in [-0.4, -0.2) is 26.0 Å². The summed E-state index contributed by atoms with van der Waals surface area (Å²) in [5, 5.41) is 3.58. The lowest BCUT2D eigenvalue weighted by atomic mass is 10.3. The molecular formula is C13H18Cl2FNO2. The Morgan fingerprint density at radius 1 is 1.16 bits per heavy atom. The van der Waals surface area contributed by atoms with Gasteiger partial charge in [0.25, 0.3) is 0 Å². The van der Waals surface area contributed by atoms with Crippen molar-refractivity contribution in [2.75, 3.05) is 25.1 Å². The van der Waals surface area contributed by atoms with E-state index in [2.05, 4.69) is 5.32 Å². The quantitative estimate of drug-likeness (QED) is 0.725. The molecule has 6 heteroatoms. The highest BCUT2D eigenvalue weighted by atomic mass is 35.5. The highest BCUT2D eigenvalue weighted by Gasteiger charge is 2.11. The second-order valence-corrected chi connectivity index (χ2v) is 4.61. The Bertz CT molecular complexity index is 375. The number of anilines is 1. The van der Waals surface area contributed by atoms with E-state index < -0.39 is 5.82 Å². The first kappa shape index (κ1) is 16.5. The summed E-state index contributed by atoms with van der Waals surface area (Å²) >= 11 is 11.8. The van der Waals surface area contributed by atoms with Gasteiger partial charge in [0, 0.05) is 26.2 Å². The van der Waals surface area contributed by atoms with Crippen LogP contribution in [0, 0.1) is 5.82 Å². The molecule has 0 aromatic heterocycles. The van der Waals surface area contributed by atoms with Crippen molar-refractivity contribution in [1.29, 1.82) is 0 Å². The minimum absolute atomic E-state index is 0.259. The molecule has 0 atom stereocenters. The molecular weight excluding hydrogens is 292 g/mol. The van der Waals surface area contributed by atoms with Gasteiger partial charge in [0.05, 0.1) is 15.7 Å². The number of halogens is 3. The molecule has 3 nitrogen and oxygen atoms in total. The van der Waals surface area contributed by atoms with Crippen molar-refractivity contribution in [3.05, 3.63) is 28.0 Å². The summed E-state index contributed by atoms with van der Waals surface area (Å²) in [5.41, 5.74) is 0.525. The zero-order chi connectivity index (χ0) is 14.3. The number of rotatable bonds is 8. The summed E-state index contributed by atoms with van der Waals surface area (Å²) in [6.45, 7) is 5.56. The van der Waals surface area contributed by atoms with E-state index >= 15 is 0 Å². The lowest BCUT2D eigenvalue weighted by Gasteiger charge is -2.18. The summed E-state index contributed by atoms with van der Waals surface area (Å²) in [5.74, 6) is -0.456. The van der Waals surface area contributed by atoms with Crippen LogP contribution in [0.2, 0.25) is 10.0 Å². The van der Waals surface area contributed by atoms with Crippen LogP contribution in [0.3, 0.4) is 0 Å². The van der Waals surface area contributed by atoms with E-state index in [0.29, 0.717) is 31.9 Å². The number of benzene rings is 1. The number of nitrogens with one attached hydrogen (secondary N) is 1. The maximum Gasteiger partial charge on any atom is 0.159 e. The molecule has 1 aromatic carbocycles. The van der Waals surface area contributed by atoms with Crippen molar-refractivity contribution < 1.29 is 13.9 Å². The molecule has 0 heterocycles. The van der Waals surface area contributed by atoms with Gasteiger partial charge in [-0.15, -0.1) is 0 Å². The molecule has 108 valence electrons. The second kappa shape index (κ2) is 8.59. The fourth-order valence-electron chi connectivity index (χ4n) is 1.61. The predicted molar refractivity (Wildman–Crippen MR) is 76.6 cm³/mol. The van der Waals surface area contributed by atoms with Gasteiger partial charge in [0.15, 0.2) is 6.29 Å². The third-order valence-electron chi connectivity index (χ3n) is 2.39. The lowest BCUT2D eigenvalue weighted by Crippen LogP contribution is -2.21. The topological polar surface area (TPSA) is 30.5 Å². The molecule has 0 radical (unpaired) electrons. The van der Waals surface area contributed by atoms with Crippen molar-refractivity contribution >= 4 is 28.9 Å². The van der Waals surface area contributed by atoms with Gasteiger partial charge in [-0.3, -0.25) is 0 Å². The van der Waals surface area contributed by atoms with Gasteiger partial charge in [0.2, 0.25) is 0 Å². The van der Waals surface area contributed by atoms with Gasteiger partial charge in [-0.1, -0.05) is 23.2 Å². The van der Waals surface area contributed by atoms with Crippen molar-refractivity contribution in [3.8, 4) is 0 Å². The molecule has 0 saturated heterocycles. The average Bonchev–Trinajstić information content (AvgIpc) is 2.32. The first-order valence-corrected chi connectivity index (χ1v) is 6.95. The molecule has 1 rings (SSSR count). The zero-order valence-electron chi connectivity index (χ0n) is 11.0. The molecule has 0 amide bonds. The molecule has 1 aromatic rings. The van der Waals surface area contributed by atoms with Crippen molar-refractivity contribution in [2.24, 2.45) is 0 Å². The molecule has 1 N–H and O–H groups in total. The molecule has 0 fully saturated rings. The SMILES string of the molecule is CCOC(CCNc1c(Cl)cc(F)cc1Cl)OCC. The number of hydrogen-bond acceptors (Lipinski definition) is 3. The highest BCUT2D eigenvalue weighted by molar-refractivity contribution is 6.39. The third kappa shape index (κ3) is 5.53. The van der Waals surface area contributed by atoms with E-state index in [1.165, 1.54) is 12.1 Å². The predicted octanol–water partition coefficient (Wildman–Crippen LogP) is 4.33. The number of hydrogen-bond donors (Lipinski definition) is 1. The number of ether oxygens (including phenoxy) is 2. The van der Waals surface area contributed by atoms with Gasteiger partial charge < -0.3 is 14.8 Å². The van der Waals surface area contributed by atoms with Crippen LogP contribution in [-0.2, 0) is 9.47 Å². The third-order valence-corrected chi connectivity index (χ3v) is 2.99. The zero-order valence-corrected chi connectivity index (χ0v) is 12.5. The Labute approximate surface area is 123 Å². The summed E-state index contributed by atoms with van der Waals surface area (Å²) < 4.78 is 23.8. The molecule has 0 aliphatic carbocycles. The summed E-state index contributed by atoms with van der Waals surface area (Å²) in [7, 11) is 0. The first-order valence-electron chi connectivity index (χ1n) is 6.20. The monoisotopic (exact) mass is 309 g/mol. The minimum Gasteiger partial charge on any atom is -0.382 e. The van der Waals surface area contributed by atoms with Crippen LogP contribution in [0.5, 0.6) is 0 Å². The van der Waals surface area contributed by atoms with Crippen molar-refractivity contribution in [2.45, 2.75) is 26.6 Å². The Morgan fingerprint density at radius 2 is 1.68 bits per heavy atom. The van der Waals surface area contributed by atoms with E-state index in [1.54, 1.807) is 0 Å². The molecule has 0 spiro atoms.